The number of carbonyl (C=O) groups excluding carboxylic acids is 1. The summed E-state index contributed by atoms with van der Waals surface area (Å²) < 4.78 is 19.4. The summed E-state index contributed by atoms with van der Waals surface area (Å²) in [5, 5.41) is 2.64. The van der Waals surface area contributed by atoms with Gasteiger partial charge >= 0.3 is 0 Å². The first-order valence-electron chi connectivity index (χ1n) is 6.93. The van der Waals surface area contributed by atoms with E-state index >= 15 is 0 Å². The lowest BCUT2D eigenvalue weighted by molar-refractivity contribution is -0.118. The molecule has 2 aromatic rings. The number of benzene rings is 1. The number of ether oxygens (including phenoxy) is 1. The number of carbonyl (C=O) groups is 1. The van der Waals surface area contributed by atoms with Crippen LogP contribution in [0, 0.1) is 5.82 Å². The zero-order valence-electron chi connectivity index (χ0n) is 12.4. The molecule has 0 radical (unpaired) electrons. The van der Waals surface area contributed by atoms with Crippen molar-refractivity contribution >= 4 is 11.6 Å². The highest BCUT2D eigenvalue weighted by atomic mass is 19.1. The van der Waals surface area contributed by atoms with E-state index in [4.69, 9.17) is 4.74 Å². The molecule has 0 fully saturated rings. The molecule has 1 aromatic carbocycles. The summed E-state index contributed by atoms with van der Waals surface area (Å²) in [7, 11) is 0. The van der Waals surface area contributed by atoms with E-state index < -0.39 is 6.04 Å². The van der Waals surface area contributed by atoms with Gasteiger partial charge in [0.25, 0.3) is 5.56 Å². The summed E-state index contributed by atoms with van der Waals surface area (Å²) in [5.74, 6) is -0.555. The number of amides is 1. The monoisotopic (exact) mass is 304 g/mol. The third-order valence-electron chi connectivity index (χ3n) is 3.15. The second kappa shape index (κ2) is 6.89. The lowest BCUT2D eigenvalue weighted by Gasteiger charge is -2.16. The normalized spacial score (nSPS) is 11.8. The number of aromatic nitrogens is 1. The third kappa shape index (κ3) is 3.52. The lowest BCUT2D eigenvalue weighted by atomic mass is 10.2. The Morgan fingerprint density at radius 1 is 1.32 bits per heavy atom. The zero-order valence-corrected chi connectivity index (χ0v) is 12.4. The first-order chi connectivity index (χ1) is 10.5. The number of hydrogen-bond donors (Lipinski definition) is 1. The van der Waals surface area contributed by atoms with Gasteiger partial charge in [-0.1, -0.05) is 0 Å². The van der Waals surface area contributed by atoms with Gasteiger partial charge in [0.2, 0.25) is 5.91 Å². The van der Waals surface area contributed by atoms with Crippen LogP contribution in [0.2, 0.25) is 0 Å². The van der Waals surface area contributed by atoms with Crippen molar-refractivity contribution in [2.75, 3.05) is 11.9 Å². The number of hydrogen-bond acceptors (Lipinski definition) is 3. The molecule has 0 bridgehead atoms. The minimum absolute atomic E-state index is 0.200. The molecule has 1 N–H and O–H groups in total. The average Bonchev–Trinajstić information content (AvgIpc) is 2.51. The maximum Gasteiger partial charge on any atom is 0.293 e. The Morgan fingerprint density at radius 3 is 2.64 bits per heavy atom. The van der Waals surface area contributed by atoms with Gasteiger partial charge in [-0.15, -0.1) is 0 Å². The van der Waals surface area contributed by atoms with Gasteiger partial charge in [0.05, 0.1) is 6.61 Å². The maximum absolute atomic E-state index is 12.8. The number of pyridine rings is 1. The van der Waals surface area contributed by atoms with Gasteiger partial charge in [0.15, 0.2) is 5.75 Å². The van der Waals surface area contributed by atoms with Crippen molar-refractivity contribution in [3.8, 4) is 5.75 Å². The minimum Gasteiger partial charge on any atom is -0.488 e. The average molecular weight is 304 g/mol. The van der Waals surface area contributed by atoms with Gasteiger partial charge < -0.3 is 14.6 Å². The molecule has 6 heteroatoms. The molecule has 0 saturated heterocycles. The fraction of sp³-hybridized carbons (Fsp3) is 0.250. The Hall–Kier alpha value is -2.63. The highest BCUT2D eigenvalue weighted by Crippen LogP contribution is 2.13. The fourth-order valence-corrected chi connectivity index (χ4v) is 1.97. The van der Waals surface area contributed by atoms with Crippen LogP contribution >= 0.6 is 0 Å². The minimum atomic E-state index is -0.724. The summed E-state index contributed by atoms with van der Waals surface area (Å²) >= 11 is 0. The van der Waals surface area contributed by atoms with E-state index in [1.807, 2.05) is 0 Å². The van der Waals surface area contributed by atoms with Crippen LogP contribution in [-0.4, -0.2) is 17.1 Å². The molecule has 0 saturated carbocycles. The van der Waals surface area contributed by atoms with Crippen molar-refractivity contribution in [3.05, 3.63) is 58.8 Å². The largest absolute Gasteiger partial charge is 0.488 e. The summed E-state index contributed by atoms with van der Waals surface area (Å²) in [6.45, 7) is 3.76. The van der Waals surface area contributed by atoms with Gasteiger partial charge in [-0.2, -0.15) is 0 Å². The van der Waals surface area contributed by atoms with E-state index in [-0.39, 0.29) is 23.0 Å². The molecular weight excluding hydrogens is 287 g/mol. The van der Waals surface area contributed by atoms with Crippen molar-refractivity contribution in [2.45, 2.75) is 19.9 Å². The number of rotatable bonds is 5. The molecular formula is C16H17FN2O3. The quantitative estimate of drug-likeness (QED) is 0.923. The summed E-state index contributed by atoms with van der Waals surface area (Å²) in [6, 6.07) is 7.90. The highest BCUT2D eigenvalue weighted by molar-refractivity contribution is 5.93. The van der Waals surface area contributed by atoms with E-state index in [1.165, 1.54) is 35.0 Å². The van der Waals surface area contributed by atoms with Crippen LogP contribution in [-0.2, 0) is 4.79 Å². The number of halogens is 1. The summed E-state index contributed by atoms with van der Waals surface area (Å²) in [5.41, 5.74) is 0.0957. The van der Waals surface area contributed by atoms with Gasteiger partial charge in [-0.25, -0.2) is 4.39 Å². The first-order valence-corrected chi connectivity index (χ1v) is 6.93. The van der Waals surface area contributed by atoms with Crippen LogP contribution in [0.3, 0.4) is 0 Å². The van der Waals surface area contributed by atoms with Crippen LogP contribution in [0.25, 0.3) is 0 Å². The topological polar surface area (TPSA) is 60.3 Å². The molecule has 1 unspecified atom stereocenters. The molecule has 0 spiro atoms. The predicted octanol–water partition coefficient (Wildman–Crippen LogP) is 2.59. The smallest absolute Gasteiger partial charge is 0.293 e. The molecule has 116 valence electrons. The van der Waals surface area contributed by atoms with Gasteiger partial charge in [0, 0.05) is 11.9 Å². The number of nitrogens with zero attached hydrogens (tertiary/aromatic N) is 1. The highest BCUT2D eigenvalue weighted by Gasteiger charge is 2.17. The van der Waals surface area contributed by atoms with Gasteiger partial charge in [0.1, 0.15) is 11.9 Å². The van der Waals surface area contributed by atoms with E-state index in [2.05, 4.69) is 5.32 Å². The lowest BCUT2D eigenvalue weighted by Crippen LogP contribution is -2.31. The summed E-state index contributed by atoms with van der Waals surface area (Å²) in [4.78, 5) is 24.4. The fourth-order valence-electron chi connectivity index (χ4n) is 1.97. The molecule has 1 heterocycles. The zero-order chi connectivity index (χ0) is 16.1. The van der Waals surface area contributed by atoms with Crippen molar-refractivity contribution in [1.82, 2.24) is 4.57 Å². The molecule has 0 aliphatic heterocycles. The standard InChI is InChI=1S/C16H17FN2O3/c1-3-22-14-5-4-10-19(16(14)21)11(2)15(20)18-13-8-6-12(17)7-9-13/h4-11H,3H2,1-2H3,(H,18,20). The van der Waals surface area contributed by atoms with Crippen LogP contribution in [0.5, 0.6) is 5.75 Å². The molecule has 0 aliphatic carbocycles. The second-order valence-corrected chi connectivity index (χ2v) is 4.69. The molecule has 22 heavy (non-hydrogen) atoms. The first kappa shape index (κ1) is 15.8. The van der Waals surface area contributed by atoms with Gasteiger partial charge in [-0.3, -0.25) is 9.59 Å². The van der Waals surface area contributed by atoms with Crippen LogP contribution in [0.15, 0.2) is 47.4 Å². The van der Waals surface area contributed by atoms with Crippen molar-refractivity contribution in [3.63, 3.8) is 0 Å². The number of anilines is 1. The molecule has 1 atom stereocenters. The third-order valence-corrected chi connectivity index (χ3v) is 3.15. The Balaban J connectivity index is 2.18. The van der Waals surface area contributed by atoms with Crippen LogP contribution in [0.4, 0.5) is 10.1 Å². The molecule has 5 nitrogen and oxygen atoms in total. The Kier molecular flexibility index (Phi) is 4.93. The van der Waals surface area contributed by atoms with E-state index in [1.54, 1.807) is 26.0 Å². The Morgan fingerprint density at radius 2 is 2.00 bits per heavy atom. The predicted molar refractivity (Wildman–Crippen MR) is 81.6 cm³/mol. The van der Waals surface area contributed by atoms with Gasteiger partial charge in [-0.05, 0) is 50.2 Å². The van der Waals surface area contributed by atoms with E-state index in [0.29, 0.717) is 12.3 Å². The Labute approximate surface area is 127 Å². The summed E-state index contributed by atoms with van der Waals surface area (Å²) in [6.07, 6.45) is 1.53. The van der Waals surface area contributed by atoms with E-state index in [0.717, 1.165) is 0 Å². The molecule has 2 rings (SSSR count). The van der Waals surface area contributed by atoms with Crippen molar-refractivity contribution < 1.29 is 13.9 Å². The van der Waals surface area contributed by atoms with E-state index in [9.17, 15) is 14.0 Å². The second-order valence-electron chi connectivity index (χ2n) is 4.69. The Bertz CT molecular complexity index is 710. The molecule has 0 aliphatic rings. The molecule has 1 aromatic heterocycles. The number of nitrogens with one attached hydrogen (secondary N) is 1. The SMILES string of the molecule is CCOc1cccn(C(C)C(=O)Nc2ccc(F)cc2)c1=O. The maximum atomic E-state index is 12.8. The van der Waals surface area contributed by atoms with Crippen LogP contribution < -0.4 is 15.6 Å². The van der Waals surface area contributed by atoms with Crippen LogP contribution in [0.1, 0.15) is 19.9 Å². The van der Waals surface area contributed by atoms with Crippen molar-refractivity contribution in [1.29, 1.82) is 0 Å². The van der Waals surface area contributed by atoms with Crippen molar-refractivity contribution in [2.24, 2.45) is 0 Å². The molecule has 1 amide bonds.